The molecule has 0 aliphatic heterocycles. The number of aryl methyl sites for hydroxylation is 2. The average molecular weight is 378 g/mol. The van der Waals surface area contributed by atoms with Crippen LogP contribution >= 0.6 is 11.3 Å². The van der Waals surface area contributed by atoms with Crippen LogP contribution in [0.4, 0.5) is 0 Å². The van der Waals surface area contributed by atoms with Gasteiger partial charge in [0.1, 0.15) is 11.4 Å². The Morgan fingerprint density at radius 1 is 1.15 bits per heavy atom. The molecule has 2 heterocycles. The summed E-state index contributed by atoms with van der Waals surface area (Å²) < 4.78 is 1.33. The molecular weight excluding hydrogens is 352 g/mol. The lowest BCUT2D eigenvalue weighted by Gasteiger charge is -2.08. The van der Waals surface area contributed by atoms with E-state index in [1.165, 1.54) is 22.2 Å². The van der Waals surface area contributed by atoms with E-state index in [1.54, 1.807) is 0 Å². The van der Waals surface area contributed by atoms with Crippen molar-refractivity contribution >= 4 is 33.4 Å². The summed E-state index contributed by atoms with van der Waals surface area (Å²) in [4.78, 5) is 42.2. The van der Waals surface area contributed by atoms with E-state index in [0.717, 1.165) is 23.3 Å². The molecule has 142 valence electrons. The van der Waals surface area contributed by atoms with Crippen LogP contribution in [-0.2, 0) is 16.1 Å². The van der Waals surface area contributed by atoms with Gasteiger partial charge in [-0.2, -0.15) is 0 Å². The first-order valence-corrected chi connectivity index (χ1v) is 9.74. The van der Waals surface area contributed by atoms with Gasteiger partial charge in [-0.3, -0.25) is 19.0 Å². The highest BCUT2D eigenvalue weighted by Gasteiger charge is 2.13. The number of fused-ring (bicyclic) bond motifs is 1. The van der Waals surface area contributed by atoms with E-state index in [9.17, 15) is 14.4 Å². The van der Waals surface area contributed by atoms with Crippen LogP contribution in [0.15, 0.2) is 11.1 Å². The van der Waals surface area contributed by atoms with Crippen LogP contribution in [0.2, 0.25) is 0 Å². The van der Waals surface area contributed by atoms with E-state index in [-0.39, 0.29) is 23.9 Å². The topological polar surface area (TPSA) is 93.1 Å². The number of amides is 2. The zero-order valence-electron chi connectivity index (χ0n) is 15.6. The highest BCUT2D eigenvalue weighted by atomic mass is 32.1. The molecule has 2 amide bonds. The Hall–Kier alpha value is -2.22. The highest BCUT2D eigenvalue weighted by Crippen LogP contribution is 2.25. The van der Waals surface area contributed by atoms with Gasteiger partial charge in [0.15, 0.2) is 0 Å². The molecule has 26 heavy (non-hydrogen) atoms. The molecule has 0 aliphatic rings. The maximum Gasteiger partial charge on any atom is 0.262 e. The van der Waals surface area contributed by atoms with E-state index in [4.69, 9.17) is 0 Å². The Labute approximate surface area is 156 Å². The number of hydrogen-bond acceptors (Lipinski definition) is 5. The number of carbonyl (C=O) groups excluding carboxylic acids is 2. The molecule has 2 rings (SSSR count). The summed E-state index contributed by atoms with van der Waals surface area (Å²) in [6, 6.07) is 0. The van der Waals surface area contributed by atoms with Crippen molar-refractivity contribution in [3.8, 4) is 0 Å². The summed E-state index contributed by atoms with van der Waals surface area (Å²) in [5.41, 5.74) is 0.730. The van der Waals surface area contributed by atoms with Crippen LogP contribution in [0.25, 0.3) is 10.2 Å². The first-order chi connectivity index (χ1) is 12.4. The Morgan fingerprint density at radius 2 is 1.85 bits per heavy atom. The maximum absolute atomic E-state index is 12.5. The molecule has 8 heteroatoms. The van der Waals surface area contributed by atoms with Crippen LogP contribution in [-0.4, -0.2) is 34.5 Å². The number of carbonyl (C=O) groups is 2. The second kappa shape index (κ2) is 9.47. The number of nitrogens with one attached hydrogen (secondary N) is 2. The summed E-state index contributed by atoms with van der Waals surface area (Å²) in [5, 5.41) is 6.17. The van der Waals surface area contributed by atoms with Crippen LogP contribution in [0, 0.1) is 13.8 Å². The number of aromatic nitrogens is 2. The number of unbranched alkanes of at least 4 members (excludes halogenated alkanes) is 1. The minimum absolute atomic E-state index is 0.00173. The fourth-order valence-electron chi connectivity index (χ4n) is 2.56. The zero-order valence-corrected chi connectivity index (χ0v) is 16.4. The lowest BCUT2D eigenvalue weighted by Crippen LogP contribution is -2.33. The quantitative estimate of drug-likeness (QED) is 0.652. The average Bonchev–Trinajstić information content (AvgIpc) is 2.89. The largest absolute Gasteiger partial charge is 0.356 e. The van der Waals surface area contributed by atoms with Crippen molar-refractivity contribution in [2.45, 2.75) is 53.0 Å². The normalized spacial score (nSPS) is 10.9. The summed E-state index contributed by atoms with van der Waals surface area (Å²) >= 11 is 1.48. The van der Waals surface area contributed by atoms with Gasteiger partial charge in [-0.25, -0.2) is 4.98 Å². The summed E-state index contributed by atoms with van der Waals surface area (Å²) in [7, 11) is 0. The third-order valence-corrected chi connectivity index (χ3v) is 5.34. The molecule has 2 aromatic heterocycles. The Balaban J connectivity index is 1.82. The van der Waals surface area contributed by atoms with Gasteiger partial charge in [-0.15, -0.1) is 11.3 Å². The number of rotatable bonds is 9. The van der Waals surface area contributed by atoms with Crippen molar-refractivity contribution in [2.75, 3.05) is 13.1 Å². The molecule has 0 bridgehead atoms. The first kappa shape index (κ1) is 20.1. The molecule has 0 aromatic carbocycles. The van der Waals surface area contributed by atoms with Crippen molar-refractivity contribution in [2.24, 2.45) is 0 Å². The van der Waals surface area contributed by atoms with Crippen LogP contribution < -0.4 is 16.2 Å². The molecule has 0 radical (unpaired) electrons. The van der Waals surface area contributed by atoms with Crippen LogP contribution in [0.5, 0.6) is 0 Å². The van der Waals surface area contributed by atoms with Gasteiger partial charge in [0, 0.05) is 24.4 Å². The van der Waals surface area contributed by atoms with Crippen molar-refractivity contribution in [1.82, 2.24) is 20.2 Å². The van der Waals surface area contributed by atoms with Crippen LogP contribution in [0.1, 0.15) is 43.0 Å². The molecule has 0 saturated carbocycles. The van der Waals surface area contributed by atoms with Gasteiger partial charge >= 0.3 is 0 Å². The lowest BCUT2D eigenvalue weighted by molar-refractivity contribution is -0.123. The summed E-state index contributed by atoms with van der Waals surface area (Å²) in [6.07, 6.45) is 4.38. The molecule has 0 aliphatic carbocycles. The first-order valence-electron chi connectivity index (χ1n) is 8.92. The molecule has 0 fully saturated rings. The maximum atomic E-state index is 12.5. The Morgan fingerprint density at radius 3 is 2.58 bits per heavy atom. The standard InChI is InChI=1S/C18H26N4O3S/c1-4-5-8-19-14(23)7-6-9-20-15(24)10-22-11-21-17-16(18(22)25)12(2)13(3)26-17/h11H,4-10H2,1-3H3,(H,19,23)(H,20,24). The summed E-state index contributed by atoms with van der Waals surface area (Å²) in [6.45, 7) is 6.95. The lowest BCUT2D eigenvalue weighted by atomic mass is 10.2. The SMILES string of the molecule is CCCCNC(=O)CCCNC(=O)Cn1cnc2sc(C)c(C)c2c1=O. The Bertz CT molecular complexity index is 841. The number of nitrogens with zero attached hydrogens (tertiary/aromatic N) is 2. The van der Waals surface area contributed by atoms with Gasteiger partial charge in [0.2, 0.25) is 11.8 Å². The van der Waals surface area contributed by atoms with Gasteiger partial charge < -0.3 is 10.6 Å². The van der Waals surface area contributed by atoms with E-state index in [1.807, 2.05) is 13.8 Å². The van der Waals surface area contributed by atoms with Crippen molar-refractivity contribution in [3.05, 3.63) is 27.1 Å². The second-order valence-electron chi connectivity index (χ2n) is 6.30. The predicted molar refractivity (Wildman–Crippen MR) is 104 cm³/mol. The minimum atomic E-state index is -0.260. The molecular formula is C18H26N4O3S. The third-order valence-electron chi connectivity index (χ3n) is 4.23. The smallest absolute Gasteiger partial charge is 0.262 e. The fourth-order valence-corrected chi connectivity index (χ4v) is 3.55. The monoisotopic (exact) mass is 378 g/mol. The molecule has 0 atom stereocenters. The van der Waals surface area contributed by atoms with Gasteiger partial charge in [-0.05, 0) is 32.3 Å². The molecule has 0 spiro atoms. The third kappa shape index (κ3) is 5.14. The zero-order chi connectivity index (χ0) is 19.1. The molecule has 0 saturated heterocycles. The molecule has 7 nitrogen and oxygen atoms in total. The van der Waals surface area contributed by atoms with E-state index in [0.29, 0.717) is 36.1 Å². The Kier molecular flexibility index (Phi) is 7.32. The number of hydrogen-bond donors (Lipinski definition) is 2. The van der Waals surface area contributed by atoms with Crippen molar-refractivity contribution in [3.63, 3.8) is 0 Å². The molecule has 2 aromatic rings. The molecule has 0 unspecified atom stereocenters. The van der Waals surface area contributed by atoms with Crippen molar-refractivity contribution in [1.29, 1.82) is 0 Å². The fraction of sp³-hybridized carbons (Fsp3) is 0.556. The minimum Gasteiger partial charge on any atom is -0.356 e. The van der Waals surface area contributed by atoms with E-state index in [2.05, 4.69) is 22.5 Å². The van der Waals surface area contributed by atoms with E-state index < -0.39 is 0 Å². The summed E-state index contributed by atoms with van der Waals surface area (Å²) in [5.74, 6) is -0.258. The highest BCUT2D eigenvalue weighted by molar-refractivity contribution is 7.18. The second-order valence-corrected chi connectivity index (χ2v) is 7.50. The van der Waals surface area contributed by atoms with Crippen LogP contribution in [0.3, 0.4) is 0 Å². The molecule has 2 N–H and O–H groups in total. The van der Waals surface area contributed by atoms with E-state index >= 15 is 0 Å². The predicted octanol–water partition coefficient (Wildman–Crippen LogP) is 1.89. The van der Waals surface area contributed by atoms with Gasteiger partial charge in [0.05, 0.1) is 11.7 Å². The number of thiophene rings is 1. The van der Waals surface area contributed by atoms with Gasteiger partial charge in [-0.1, -0.05) is 13.3 Å². The van der Waals surface area contributed by atoms with Crippen molar-refractivity contribution < 1.29 is 9.59 Å². The van der Waals surface area contributed by atoms with Gasteiger partial charge in [0.25, 0.3) is 5.56 Å².